The smallest absolute Gasteiger partial charge is 0.341 e. The maximum Gasteiger partial charge on any atom is 0.341 e. The highest BCUT2D eigenvalue weighted by atomic mass is 16.5. The average molecular weight is 418 g/mol. The van der Waals surface area contributed by atoms with E-state index < -0.39 is 5.97 Å². The standard InChI is InChI=1S/C26H27NO4/c28-25(16-8-12-20-11-7-15-23(17-20)31-19-26(29)30)27-24(22-13-5-2-6-14-22)18-21-9-3-1-4-10-21/h1-7,9-11,13-15,17,24H,8,12,16,18-19H2,(H,27,28)(H,29,30). The number of nitrogens with one attached hydrogen (secondary N) is 1. The number of carboxylic acid groups (broad SMARTS) is 1. The first kappa shape index (κ1) is 22.1. The molecule has 0 aromatic heterocycles. The monoisotopic (exact) mass is 417 g/mol. The molecule has 5 nitrogen and oxygen atoms in total. The summed E-state index contributed by atoms with van der Waals surface area (Å²) < 4.78 is 5.21. The fourth-order valence-electron chi connectivity index (χ4n) is 3.44. The predicted octanol–water partition coefficient (Wildman–Crippen LogP) is 4.57. The van der Waals surface area contributed by atoms with E-state index in [1.165, 1.54) is 5.56 Å². The number of carboxylic acids is 1. The van der Waals surface area contributed by atoms with E-state index in [0.29, 0.717) is 25.0 Å². The largest absolute Gasteiger partial charge is 0.482 e. The molecule has 3 aromatic carbocycles. The van der Waals surface area contributed by atoms with Gasteiger partial charge < -0.3 is 15.2 Å². The number of carbonyl (C=O) groups is 2. The van der Waals surface area contributed by atoms with Crippen molar-refractivity contribution in [2.45, 2.75) is 31.7 Å². The molecule has 0 saturated heterocycles. The number of aryl methyl sites for hydroxylation is 1. The van der Waals surface area contributed by atoms with Gasteiger partial charge in [-0.15, -0.1) is 0 Å². The van der Waals surface area contributed by atoms with E-state index in [1.54, 1.807) is 6.07 Å². The third kappa shape index (κ3) is 7.63. The number of carbonyl (C=O) groups excluding carboxylic acids is 1. The molecule has 3 aromatic rings. The lowest BCUT2D eigenvalue weighted by atomic mass is 9.98. The normalized spacial score (nSPS) is 11.5. The Labute approximate surface area is 182 Å². The molecule has 2 N–H and O–H groups in total. The van der Waals surface area contributed by atoms with E-state index in [4.69, 9.17) is 9.84 Å². The molecule has 1 unspecified atom stereocenters. The molecule has 1 amide bonds. The summed E-state index contributed by atoms with van der Waals surface area (Å²) in [5.41, 5.74) is 3.28. The van der Waals surface area contributed by atoms with Crippen molar-refractivity contribution in [3.05, 3.63) is 102 Å². The second kappa shape index (κ2) is 11.6. The Bertz CT molecular complexity index is 973. The van der Waals surface area contributed by atoms with Crippen molar-refractivity contribution in [2.24, 2.45) is 0 Å². The Hall–Kier alpha value is -3.60. The highest BCUT2D eigenvalue weighted by Crippen LogP contribution is 2.19. The van der Waals surface area contributed by atoms with Gasteiger partial charge in [0.25, 0.3) is 0 Å². The zero-order valence-corrected chi connectivity index (χ0v) is 17.4. The summed E-state index contributed by atoms with van der Waals surface area (Å²) in [4.78, 5) is 23.3. The van der Waals surface area contributed by atoms with Crippen molar-refractivity contribution < 1.29 is 19.4 Å². The Morgan fingerprint density at radius 3 is 2.26 bits per heavy atom. The summed E-state index contributed by atoms with van der Waals surface area (Å²) in [5.74, 6) is -0.468. The first-order chi connectivity index (χ1) is 15.1. The van der Waals surface area contributed by atoms with Crippen LogP contribution in [0.4, 0.5) is 0 Å². The lowest BCUT2D eigenvalue weighted by Gasteiger charge is -2.19. The highest BCUT2D eigenvalue weighted by Gasteiger charge is 2.15. The van der Waals surface area contributed by atoms with Crippen LogP contribution in [0, 0.1) is 0 Å². The molecular formula is C26H27NO4. The highest BCUT2D eigenvalue weighted by molar-refractivity contribution is 5.76. The summed E-state index contributed by atoms with van der Waals surface area (Å²) >= 11 is 0. The minimum absolute atomic E-state index is 0.0167. The number of amides is 1. The lowest BCUT2D eigenvalue weighted by molar-refractivity contribution is -0.139. The molecular weight excluding hydrogens is 390 g/mol. The molecule has 5 heteroatoms. The summed E-state index contributed by atoms with van der Waals surface area (Å²) in [6, 6.07) is 27.4. The van der Waals surface area contributed by atoms with Gasteiger partial charge in [-0.05, 0) is 48.1 Å². The molecule has 0 radical (unpaired) electrons. The Kier molecular flexibility index (Phi) is 8.23. The molecule has 31 heavy (non-hydrogen) atoms. The van der Waals surface area contributed by atoms with Crippen LogP contribution in [-0.4, -0.2) is 23.6 Å². The summed E-state index contributed by atoms with van der Waals surface area (Å²) in [6.45, 7) is -0.367. The van der Waals surface area contributed by atoms with Crippen molar-refractivity contribution in [2.75, 3.05) is 6.61 Å². The van der Waals surface area contributed by atoms with Gasteiger partial charge in [0, 0.05) is 6.42 Å². The summed E-state index contributed by atoms with van der Waals surface area (Å²) in [5, 5.41) is 11.9. The number of aliphatic carboxylic acids is 1. The van der Waals surface area contributed by atoms with Crippen molar-refractivity contribution in [3.8, 4) is 5.75 Å². The van der Waals surface area contributed by atoms with Crippen molar-refractivity contribution in [1.82, 2.24) is 5.32 Å². The fourth-order valence-corrected chi connectivity index (χ4v) is 3.44. The van der Waals surface area contributed by atoms with Gasteiger partial charge in [0.1, 0.15) is 5.75 Å². The summed E-state index contributed by atoms with van der Waals surface area (Å²) in [7, 11) is 0. The van der Waals surface area contributed by atoms with Gasteiger partial charge >= 0.3 is 5.97 Å². The van der Waals surface area contributed by atoms with Crippen molar-refractivity contribution in [3.63, 3.8) is 0 Å². The number of ether oxygens (including phenoxy) is 1. The number of hydrogen-bond donors (Lipinski definition) is 2. The van der Waals surface area contributed by atoms with Gasteiger partial charge in [-0.2, -0.15) is 0 Å². The van der Waals surface area contributed by atoms with Gasteiger partial charge in [-0.25, -0.2) is 4.79 Å². The molecule has 3 rings (SSSR count). The van der Waals surface area contributed by atoms with E-state index in [2.05, 4.69) is 17.4 Å². The van der Waals surface area contributed by atoms with Gasteiger partial charge in [0.2, 0.25) is 5.91 Å². The third-order valence-electron chi connectivity index (χ3n) is 4.95. The topological polar surface area (TPSA) is 75.6 Å². The second-order valence-electron chi connectivity index (χ2n) is 7.40. The van der Waals surface area contributed by atoms with Crippen molar-refractivity contribution in [1.29, 1.82) is 0 Å². The van der Waals surface area contributed by atoms with Crippen molar-refractivity contribution >= 4 is 11.9 Å². The van der Waals surface area contributed by atoms with E-state index >= 15 is 0 Å². The minimum Gasteiger partial charge on any atom is -0.482 e. The Morgan fingerprint density at radius 2 is 1.55 bits per heavy atom. The maximum atomic E-state index is 12.7. The molecule has 0 saturated carbocycles. The minimum atomic E-state index is -1.01. The lowest BCUT2D eigenvalue weighted by Crippen LogP contribution is -2.29. The molecule has 0 fully saturated rings. The molecule has 0 bridgehead atoms. The first-order valence-electron chi connectivity index (χ1n) is 10.4. The van der Waals surface area contributed by atoms with Crippen LogP contribution in [0.5, 0.6) is 5.75 Å². The average Bonchev–Trinajstić information content (AvgIpc) is 2.79. The molecule has 0 aliphatic heterocycles. The van der Waals surface area contributed by atoms with E-state index in [1.807, 2.05) is 66.7 Å². The van der Waals surface area contributed by atoms with E-state index in [0.717, 1.165) is 17.5 Å². The van der Waals surface area contributed by atoms with Gasteiger partial charge in [0.05, 0.1) is 6.04 Å². The van der Waals surface area contributed by atoms with Crippen LogP contribution in [0.3, 0.4) is 0 Å². The van der Waals surface area contributed by atoms with Crippen LogP contribution in [-0.2, 0) is 22.4 Å². The Balaban J connectivity index is 1.54. The second-order valence-corrected chi connectivity index (χ2v) is 7.40. The quantitative estimate of drug-likeness (QED) is 0.479. The van der Waals surface area contributed by atoms with Gasteiger partial charge in [0.15, 0.2) is 6.61 Å². The Morgan fingerprint density at radius 1 is 0.871 bits per heavy atom. The zero-order chi connectivity index (χ0) is 21.9. The van der Waals surface area contributed by atoms with Gasteiger partial charge in [-0.3, -0.25) is 4.79 Å². The number of benzene rings is 3. The van der Waals surface area contributed by atoms with E-state index in [-0.39, 0.29) is 18.6 Å². The van der Waals surface area contributed by atoms with Crippen LogP contribution in [0.2, 0.25) is 0 Å². The van der Waals surface area contributed by atoms with Crippen LogP contribution in [0.15, 0.2) is 84.9 Å². The van der Waals surface area contributed by atoms with Crippen LogP contribution in [0.25, 0.3) is 0 Å². The van der Waals surface area contributed by atoms with Crippen LogP contribution < -0.4 is 10.1 Å². The number of rotatable bonds is 11. The SMILES string of the molecule is O=C(O)COc1cccc(CCCC(=O)NC(Cc2ccccc2)c2ccccc2)c1. The van der Waals surface area contributed by atoms with E-state index in [9.17, 15) is 9.59 Å². The predicted molar refractivity (Wildman–Crippen MR) is 120 cm³/mol. The molecule has 1 atom stereocenters. The first-order valence-corrected chi connectivity index (χ1v) is 10.4. The van der Waals surface area contributed by atoms with Crippen LogP contribution >= 0.6 is 0 Å². The summed E-state index contributed by atoms with van der Waals surface area (Å²) in [6.07, 6.45) is 2.56. The molecule has 160 valence electrons. The fraction of sp³-hybridized carbons (Fsp3) is 0.231. The maximum absolute atomic E-state index is 12.7. The zero-order valence-electron chi connectivity index (χ0n) is 17.4. The number of hydrogen-bond acceptors (Lipinski definition) is 3. The molecule has 0 spiro atoms. The molecule has 0 aliphatic carbocycles. The van der Waals surface area contributed by atoms with Crippen LogP contribution in [0.1, 0.15) is 35.6 Å². The molecule has 0 heterocycles. The molecule has 0 aliphatic rings. The third-order valence-corrected chi connectivity index (χ3v) is 4.95. The van der Waals surface area contributed by atoms with Gasteiger partial charge in [-0.1, -0.05) is 72.8 Å².